The van der Waals surface area contributed by atoms with Crippen LogP contribution in [0.2, 0.25) is 0 Å². The van der Waals surface area contributed by atoms with Crippen LogP contribution in [-0.2, 0) is 4.79 Å². The zero-order valence-corrected chi connectivity index (χ0v) is 13.4. The molecule has 0 saturated carbocycles. The van der Waals surface area contributed by atoms with Gasteiger partial charge in [0.15, 0.2) is 0 Å². The number of anilines is 1. The fourth-order valence-corrected chi connectivity index (χ4v) is 1.78. The number of hydrogen-bond donors (Lipinski definition) is 0. The number of carbonyl (C=O) groups is 1. The molecule has 1 rings (SSSR count). The molecule has 0 unspecified atom stereocenters. The van der Waals surface area contributed by atoms with Crippen LogP contribution in [0.15, 0.2) is 30.3 Å². The molecule has 94 valence electrons. The van der Waals surface area contributed by atoms with Crippen molar-refractivity contribution in [2.75, 3.05) is 18.5 Å². The number of rotatable bonds is 8. The van der Waals surface area contributed by atoms with Gasteiger partial charge >= 0.3 is 29.6 Å². The number of carbonyl (C=O) groups excluding carboxylic acids is 1. The largest absolute Gasteiger partial charge is 1.00 e. The summed E-state index contributed by atoms with van der Waals surface area (Å²) in [5.74, 6) is -0.939. The van der Waals surface area contributed by atoms with Crippen molar-refractivity contribution in [2.45, 2.75) is 32.1 Å². The maximum absolute atomic E-state index is 10.2. The topological polar surface area (TPSA) is 43.4 Å². The molecule has 0 spiro atoms. The minimum atomic E-state index is -0.939. The van der Waals surface area contributed by atoms with E-state index in [-0.39, 0.29) is 36.0 Å². The van der Waals surface area contributed by atoms with Gasteiger partial charge in [0.1, 0.15) is 0 Å². The summed E-state index contributed by atoms with van der Waals surface area (Å²) in [6.07, 6.45) is 4.06. The van der Waals surface area contributed by atoms with Crippen LogP contribution >= 0.6 is 0 Å². The first-order valence-corrected chi connectivity index (χ1v) is 6.16. The molecule has 0 bridgehead atoms. The third-order valence-electron chi connectivity index (χ3n) is 2.82. The van der Waals surface area contributed by atoms with Crippen molar-refractivity contribution in [3.8, 4) is 0 Å². The zero-order valence-electron chi connectivity index (χ0n) is 11.4. The van der Waals surface area contributed by atoms with Crippen molar-refractivity contribution in [1.29, 1.82) is 0 Å². The number of carboxylic acids is 1. The van der Waals surface area contributed by atoms with Crippen molar-refractivity contribution in [3.63, 3.8) is 0 Å². The van der Waals surface area contributed by atoms with Gasteiger partial charge in [-0.2, -0.15) is 0 Å². The van der Waals surface area contributed by atoms with E-state index in [1.807, 2.05) is 18.2 Å². The predicted octanol–water partition coefficient (Wildman–Crippen LogP) is -1.17. The summed E-state index contributed by atoms with van der Waals surface area (Å²) in [7, 11) is 2.08. The van der Waals surface area contributed by atoms with Crippen LogP contribution < -0.4 is 39.6 Å². The van der Waals surface area contributed by atoms with Crippen LogP contribution in [0.3, 0.4) is 0 Å². The first-order valence-electron chi connectivity index (χ1n) is 6.16. The van der Waals surface area contributed by atoms with Crippen LogP contribution in [0, 0.1) is 0 Å². The van der Waals surface area contributed by atoms with Crippen LogP contribution in [0.25, 0.3) is 0 Å². The number of nitrogens with zero attached hydrogens (tertiary/aromatic N) is 1. The number of hydrogen-bond acceptors (Lipinski definition) is 3. The van der Waals surface area contributed by atoms with Crippen molar-refractivity contribution >= 4 is 11.7 Å². The monoisotopic (exact) mass is 257 g/mol. The number of aliphatic carboxylic acids is 1. The quantitative estimate of drug-likeness (QED) is 0.435. The second-order valence-corrected chi connectivity index (χ2v) is 4.29. The molecule has 1 aromatic carbocycles. The molecule has 4 heteroatoms. The molecule has 0 saturated heterocycles. The molecule has 0 radical (unpaired) electrons. The fraction of sp³-hybridized carbons (Fsp3) is 0.500. The van der Waals surface area contributed by atoms with Gasteiger partial charge in [-0.1, -0.05) is 31.0 Å². The number of para-hydroxylation sites is 1. The standard InChI is InChI=1S/C14H21NO2.Na/c1-15(13-9-5-4-6-10-13)12-8-3-2-7-11-14(16)17;/h4-6,9-10H,2-3,7-8,11-12H2,1H3,(H,16,17);/q;+1/p-1. The predicted molar refractivity (Wildman–Crippen MR) is 67.8 cm³/mol. The molecule has 0 fully saturated rings. The van der Waals surface area contributed by atoms with Crippen molar-refractivity contribution in [2.24, 2.45) is 0 Å². The normalized spacial score (nSPS) is 9.61. The molecule has 0 aliphatic rings. The Balaban J connectivity index is 0.00000289. The van der Waals surface area contributed by atoms with Gasteiger partial charge < -0.3 is 14.8 Å². The molecule has 0 N–H and O–H groups in total. The van der Waals surface area contributed by atoms with Gasteiger partial charge in [-0.05, 0) is 31.4 Å². The van der Waals surface area contributed by atoms with E-state index < -0.39 is 5.97 Å². The summed E-state index contributed by atoms with van der Waals surface area (Å²) in [5, 5.41) is 10.2. The molecule has 0 aliphatic carbocycles. The smallest absolute Gasteiger partial charge is 0.550 e. The Morgan fingerprint density at radius 1 is 1.11 bits per heavy atom. The number of carboxylic acid groups (broad SMARTS) is 1. The summed E-state index contributed by atoms with van der Waals surface area (Å²) < 4.78 is 0. The molecule has 0 amide bonds. The van der Waals surface area contributed by atoms with E-state index >= 15 is 0 Å². The summed E-state index contributed by atoms with van der Waals surface area (Å²) in [4.78, 5) is 12.4. The number of unbranched alkanes of at least 4 members (excludes halogenated alkanes) is 3. The first kappa shape index (κ1) is 17.5. The van der Waals surface area contributed by atoms with Gasteiger partial charge in [0, 0.05) is 25.2 Å². The van der Waals surface area contributed by atoms with Gasteiger partial charge in [-0.15, -0.1) is 0 Å². The third-order valence-corrected chi connectivity index (χ3v) is 2.82. The summed E-state index contributed by atoms with van der Waals surface area (Å²) in [6.45, 7) is 1.01. The van der Waals surface area contributed by atoms with E-state index in [4.69, 9.17) is 0 Å². The second kappa shape index (κ2) is 10.4. The van der Waals surface area contributed by atoms with E-state index in [9.17, 15) is 9.90 Å². The maximum atomic E-state index is 10.2. The molecule has 1 aromatic rings. The molecular weight excluding hydrogens is 237 g/mol. The molecule has 0 heterocycles. The Kier molecular flexibility index (Phi) is 10.1. The minimum absolute atomic E-state index is 0. The minimum Gasteiger partial charge on any atom is -0.550 e. The zero-order chi connectivity index (χ0) is 12.5. The van der Waals surface area contributed by atoms with Crippen LogP contribution in [0.4, 0.5) is 5.69 Å². The van der Waals surface area contributed by atoms with Gasteiger partial charge in [0.2, 0.25) is 0 Å². The van der Waals surface area contributed by atoms with E-state index in [2.05, 4.69) is 24.1 Å². The molecule has 0 aromatic heterocycles. The summed E-state index contributed by atoms with van der Waals surface area (Å²) >= 11 is 0. The van der Waals surface area contributed by atoms with Crippen LogP contribution in [-0.4, -0.2) is 19.6 Å². The number of benzene rings is 1. The Bertz CT molecular complexity index is 330. The van der Waals surface area contributed by atoms with E-state index in [1.165, 1.54) is 5.69 Å². The van der Waals surface area contributed by atoms with Gasteiger partial charge in [-0.25, -0.2) is 0 Å². The Morgan fingerprint density at radius 2 is 1.72 bits per heavy atom. The van der Waals surface area contributed by atoms with Crippen molar-refractivity contribution in [1.82, 2.24) is 0 Å². The summed E-state index contributed by atoms with van der Waals surface area (Å²) in [5.41, 5.74) is 1.22. The van der Waals surface area contributed by atoms with Gasteiger partial charge in [-0.3, -0.25) is 0 Å². The van der Waals surface area contributed by atoms with Crippen molar-refractivity contribution in [3.05, 3.63) is 30.3 Å². The molecule has 3 nitrogen and oxygen atoms in total. The van der Waals surface area contributed by atoms with Gasteiger partial charge in [0.05, 0.1) is 0 Å². The average Bonchev–Trinajstić information content (AvgIpc) is 2.34. The van der Waals surface area contributed by atoms with E-state index in [0.29, 0.717) is 0 Å². The van der Waals surface area contributed by atoms with E-state index in [1.54, 1.807) is 0 Å². The van der Waals surface area contributed by atoms with Crippen molar-refractivity contribution < 1.29 is 39.5 Å². The Morgan fingerprint density at radius 3 is 2.33 bits per heavy atom. The Labute approximate surface area is 131 Å². The summed E-state index contributed by atoms with van der Waals surface area (Å²) in [6, 6.07) is 10.3. The fourth-order valence-electron chi connectivity index (χ4n) is 1.78. The second-order valence-electron chi connectivity index (χ2n) is 4.29. The van der Waals surface area contributed by atoms with E-state index in [0.717, 1.165) is 32.2 Å². The average molecular weight is 257 g/mol. The maximum Gasteiger partial charge on any atom is 1.00 e. The van der Waals surface area contributed by atoms with Gasteiger partial charge in [0.25, 0.3) is 0 Å². The van der Waals surface area contributed by atoms with Crippen LogP contribution in [0.1, 0.15) is 32.1 Å². The first-order chi connectivity index (χ1) is 8.20. The molecular formula is C14H20NNaO2. The molecule has 0 aliphatic heterocycles. The third kappa shape index (κ3) is 7.75. The molecule has 18 heavy (non-hydrogen) atoms. The van der Waals surface area contributed by atoms with Crippen LogP contribution in [0.5, 0.6) is 0 Å². The Hall–Kier alpha value is -0.510. The molecule has 0 atom stereocenters. The SMILES string of the molecule is CN(CCCCCCC(=O)[O-])c1ccccc1.[Na+].